The topological polar surface area (TPSA) is 109 Å². The van der Waals surface area contributed by atoms with E-state index < -0.39 is 0 Å². The van der Waals surface area contributed by atoms with Crippen LogP contribution in [0.25, 0.3) is 17.0 Å². The molecule has 0 atom stereocenters. The third kappa shape index (κ3) is 4.84. The van der Waals surface area contributed by atoms with Crippen molar-refractivity contribution in [2.45, 2.75) is 5.03 Å². The Kier molecular flexibility index (Phi) is 7.02. The Morgan fingerprint density at radius 2 is 1.68 bits per heavy atom. The molecule has 4 rings (SSSR count). The van der Waals surface area contributed by atoms with Gasteiger partial charge in [-0.05, 0) is 42.5 Å². The van der Waals surface area contributed by atoms with Gasteiger partial charge in [0.15, 0.2) is 23.0 Å². The summed E-state index contributed by atoms with van der Waals surface area (Å²) in [7, 11) is 6.26. The highest BCUT2D eigenvalue weighted by Gasteiger charge is 2.15. The molecule has 1 N–H and O–H groups in total. The SMILES string of the molecule is COc1ccc(NC(=O)CSc2ccc3nnc(-c4ccc(OC)c(OC)c4)n3n2)c(OC)c1. The summed E-state index contributed by atoms with van der Waals surface area (Å²) in [6.45, 7) is 0. The number of ether oxygens (including phenoxy) is 4. The zero-order chi connectivity index (χ0) is 24.1. The molecule has 34 heavy (non-hydrogen) atoms. The Balaban J connectivity index is 1.50. The number of hydrogen-bond donors (Lipinski definition) is 1. The molecule has 2 heterocycles. The molecule has 0 aliphatic heterocycles. The zero-order valence-electron chi connectivity index (χ0n) is 19.1. The third-order valence-corrected chi connectivity index (χ3v) is 5.83. The molecule has 0 saturated carbocycles. The summed E-state index contributed by atoms with van der Waals surface area (Å²) in [5, 5.41) is 16.5. The first kappa shape index (κ1) is 23.2. The fourth-order valence-electron chi connectivity index (χ4n) is 3.23. The number of nitrogens with zero attached hydrogens (tertiary/aromatic N) is 4. The van der Waals surface area contributed by atoms with Gasteiger partial charge in [-0.1, -0.05) is 11.8 Å². The first-order valence-corrected chi connectivity index (χ1v) is 11.1. The number of fused-ring (bicyclic) bond motifs is 1. The lowest BCUT2D eigenvalue weighted by molar-refractivity contribution is -0.113. The van der Waals surface area contributed by atoms with Gasteiger partial charge in [0, 0.05) is 11.6 Å². The first-order chi connectivity index (χ1) is 16.6. The summed E-state index contributed by atoms with van der Waals surface area (Å²) in [5.74, 6) is 2.85. The Labute approximate surface area is 200 Å². The van der Waals surface area contributed by atoms with Crippen molar-refractivity contribution in [2.75, 3.05) is 39.5 Å². The molecule has 0 saturated heterocycles. The van der Waals surface area contributed by atoms with Crippen LogP contribution in [0.5, 0.6) is 23.0 Å². The monoisotopic (exact) mass is 481 g/mol. The minimum atomic E-state index is -0.195. The number of carbonyl (C=O) groups excluding carboxylic acids is 1. The number of carbonyl (C=O) groups is 1. The number of aromatic nitrogens is 4. The Bertz CT molecular complexity index is 1330. The third-order valence-electron chi connectivity index (χ3n) is 4.91. The van der Waals surface area contributed by atoms with Crippen molar-refractivity contribution in [3.05, 3.63) is 48.5 Å². The number of methoxy groups -OCH3 is 4. The second-order valence-electron chi connectivity index (χ2n) is 6.94. The van der Waals surface area contributed by atoms with Crippen molar-refractivity contribution in [1.29, 1.82) is 0 Å². The van der Waals surface area contributed by atoms with E-state index in [1.54, 1.807) is 62.2 Å². The Hall–Kier alpha value is -3.99. The van der Waals surface area contributed by atoms with Gasteiger partial charge in [0.05, 0.1) is 39.9 Å². The molecule has 1 amide bonds. The van der Waals surface area contributed by atoms with Gasteiger partial charge in [-0.15, -0.1) is 10.2 Å². The molecule has 0 spiro atoms. The molecular formula is C23H23N5O5S. The van der Waals surface area contributed by atoms with Crippen LogP contribution in [0, 0.1) is 0 Å². The van der Waals surface area contributed by atoms with Gasteiger partial charge < -0.3 is 24.3 Å². The average molecular weight is 482 g/mol. The smallest absolute Gasteiger partial charge is 0.234 e. The lowest BCUT2D eigenvalue weighted by atomic mass is 10.2. The molecule has 0 fully saturated rings. The number of anilines is 1. The van der Waals surface area contributed by atoms with Crippen molar-refractivity contribution in [1.82, 2.24) is 19.8 Å². The van der Waals surface area contributed by atoms with Crippen LogP contribution in [0.15, 0.2) is 53.6 Å². The van der Waals surface area contributed by atoms with Crippen LogP contribution in [-0.2, 0) is 4.79 Å². The van der Waals surface area contributed by atoms with E-state index >= 15 is 0 Å². The fraction of sp³-hybridized carbons (Fsp3) is 0.217. The number of benzene rings is 2. The van der Waals surface area contributed by atoms with Crippen molar-refractivity contribution >= 4 is 29.0 Å². The van der Waals surface area contributed by atoms with Crippen LogP contribution >= 0.6 is 11.8 Å². The first-order valence-electron chi connectivity index (χ1n) is 10.2. The highest BCUT2D eigenvalue weighted by atomic mass is 32.2. The minimum Gasteiger partial charge on any atom is -0.497 e. The summed E-state index contributed by atoms with van der Waals surface area (Å²) in [6.07, 6.45) is 0. The molecule has 0 aliphatic carbocycles. The van der Waals surface area contributed by atoms with Crippen LogP contribution in [0.1, 0.15) is 0 Å². The van der Waals surface area contributed by atoms with E-state index in [2.05, 4.69) is 20.6 Å². The summed E-state index contributed by atoms with van der Waals surface area (Å²) in [5.41, 5.74) is 1.91. The predicted molar refractivity (Wildman–Crippen MR) is 128 cm³/mol. The molecule has 4 aromatic rings. The van der Waals surface area contributed by atoms with Gasteiger partial charge in [-0.2, -0.15) is 9.61 Å². The molecule has 0 radical (unpaired) electrons. The average Bonchev–Trinajstić information content (AvgIpc) is 3.30. The molecule has 2 aromatic carbocycles. The van der Waals surface area contributed by atoms with E-state index in [9.17, 15) is 4.79 Å². The van der Waals surface area contributed by atoms with Gasteiger partial charge in [-0.25, -0.2) is 0 Å². The fourth-order valence-corrected chi connectivity index (χ4v) is 3.89. The van der Waals surface area contributed by atoms with Gasteiger partial charge in [-0.3, -0.25) is 4.79 Å². The van der Waals surface area contributed by atoms with Gasteiger partial charge >= 0.3 is 0 Å². The van der Waals surface area contributed by atoms with E-state index in [0.29, 0.717) is 45.2 Å². The number of amides is 1. The maximum atomic E-state index is 12.5. The Morgan fingerprint density at radius 3 is 2.41 bits per heavy atom. The van der Waals surface area contributed by atoms with Crippen LogP contribution in [0.4, 0.5) is 5.69 Å². The number of hydrogen-bond acceptors (Lipinski definition) is 9. The highest BCUT2D eigenvalue weighted by Crippen LogP contribution is 2.32. The van der Waals surface area contributed by atoms with Crippen LogP contribution in [0.3, 0.4) is 0 Å². The lowest BCUT2D eigenvalue weighted by Crippen LogP contribution is -2.15. The van der Waals surface area contributed by atoms with Crippen LogP contribution in [-0.4, -0.2) is 59.9 Å². The van der Waals surface area contributed by atoms with Crippen molar-refractivity contribution in [3.8, 4) is 34.4 Å². The van der Waals surface area contributed by atoms with E-state index in [4.69, 9.17) is 18.9 Å². The Morgan fingerprint density at radius 1 is 0.882 bits per heavy atom. The second kappa shape index (κ2) is 10.3. The van der Waals surface area contributed by atoms with E-state index in [1.165, 1.54) is 18.9 Å². The molecule has 11 heteroatoms. The van der Waals surface area contributed by atoms with E-state index in [0.717, 1.165) is 5.56 Å². The molecule has 10 nitrogen and oxygen atoms in total. The largest absolute Gasteiger partial charge is 0.497 e. The summed E-state index contributed by atoms with van der Waals surface area (Å²) in [6, 6.07) is 14.3. The normalized spacial score (nSPS) is 10.7. The molecule has 0 bridgehead atoms. The molecule has 2 aromatic heterocycles. The highest BCUT2D eigenvalue weighted by molar-refractivity contribution is 7.99. The summed E-state index contributed by atoms with van der Waals surface area (Å²) in [4.78, 5) is 12.5. The van der Waals surface area contributed by atoms with Gasteiger partial charge in [0.2, 0.25) is 5.91 Å². The van der Waals surface area contributed by atoms with E-state index in [1.807, 2.05) is 12.1 Å². The number of thioether (sulfide) groups is 1. The second-order valence-corrected chi connectivity index (χ2v) is 7.93. The molecule has 0 aliphatic rings. The quantitative estimate of drug-likeness (QED) is 0.359. The maximum absolute atomic E-state index is 12.5. The minimum absolute atomic E-state index is 0.154. The van der Waals surface area contributed by atoms with Crippen molar-refractivity contribution in [3.63, 3.8) is 0 Å². The van der Waals surface area contributed by atoms with Crippen LogP contribution in [0.2, 0.25) is 0 Å². The standard InChI is InChI=1S/C23H23N5O5S/c1-30-15-6-7-16(18(12-15)32-3)24-21(29)13-34-22-10-9-20-25-26-23(28(20)27-22)14-5-8-17(31-2)19(11-14)33-4/h5-12H,13H2,1-4H3,(H,24,29). The van der Waals surface area contributed by atoms with E-state index in [-0.39, 0.29) is 11.7 Å². The predicted octanol–water partition coefficient (Wildman–Crippen LogP) is 3.56. The maximum Gasteiger partial charge on any atom is 0.234 e. The van der Waals surface area contributed by atoms with Crippen LogP contribution < -0.4 is 24.3 Å². The lowest BCUT2D eigenvalue weighted by Gasteiger charge is -2.11. The molecular weight excluding hydrogens is 458 g/mol. The summed E-state index contributed by atoms with van der Waals surface area (Å²) >= 11 is 1.30. The number of nitrogens with one attached hydrogen (secondary N) is 1. The van der Waals surface area contributed by atoms with Crippen molar-refractivity contribution in [2.24, 2.45) is 0 Å². The van der Waals surface area contributed by atoms with Crippen molar-refractivity contribution < 1.29 is 23.7 Å². The zero-order valence-corrected chi connectivity index (χ0v) is 19.9. The van der Waals surface area contributed by atoms with Gasteiger partial charge in [0.1, 0.15) is 16.5 Å². The summed E-state index contributed by atoms with van der Waals surface area (Å²) < 4.78 is 22.8. The molecule has 176 valence electrons. The van der Waals surface area contributed by atoms with Gasteiger partial charge in [0.25, 0.3) is 0 Å². The molecule has 0 unspecified atom stereocenters. The number of rotatable bonds is 9.